The molecule has 0 saturated heterocycles. The molecule has 0 unspecified atom stereocenters. The molecule has 0 saturated carbocycles. The number of benzene rings is 1. The minimum atomic E-state index is -0.682. The van der Waals surface area contributed by atoms with E-state index in [-0.39, 0.29) is 36.2 Å². The van der Waals surface area contributed by atoms with Gasteiger partial charge in [-0.3, -0.25) is 14.4 Å². The van der Waals surface area contributed by atoms with Crippen molar-refractivity contribution in [2.45, 2.75) is 53.1 Å². The van der Waals surface area contributed by atoms with Crippen LogP contribution in [0, 0.1) is 12.8 Å². The van der Waals surface area contributed by atoms with Gasteiger partial charge in [0.1, 0.15) is 6.04 Å². The van der Waals surface area contributed by atoms with Gasteiger partial charge in [-0.25, -0.2) is 0 Å². The Balaban J connectivity index is 2.73. The van der Waals surface area contributed by atoms with Crippen molar-refractivity contribution >= 4 is 17.7 Å². The maximum atomic E-state index is 12.5. The van der Waals surface area contributed by atoms with Crippen LogP contribution < -0.4 is 16.0 Å². The number of rotatable bonds is 8. The first-order valence-electron chi connectivity index (χ1n) is 8.64. The van der Waals surface area contributed by atoms with E-state index in [1.54, 1.807) is 12.1 Å². The third-order valence-corrected chi connectivity index (χ3v) is 3.59. The monoisotopic (exact) mass is 347 g/mol. The molecule has 3 amide bonds. The number of hydrogen-bond donors (Lipinski definition) is 3. The Kier molecular flexibility index (Phi) is 8.11. The normalized spacial score (nSPS) is 12.0. The second-order valence-corrected chi connectivity index (χ2v) is 6.91. The smallest absolute Gasteiger partial charge is 0.252 e. The molecule has 1 aromatic carbocycles. The lowest BCUT2D eigenvalue weighted by atomic mass is 10.0. The highest BCUT2D eigenvalue weighted by Gasteiger charge is 2.23. The molecule has 6 heteroatoms. The zero-order valence-electron chi connectivity index (χ0n) is 15.7. The van der Waals surface area contributed by atoms with Gasteiger partial charge in [0.2, 0.25) is 11.8 Å². The largest absolute Gasteiger partial charge is 0.352 e. The van der Waals surface area contributed by atoms with Crippen LogP contribution in [0.3, 0.4) is 0 Å². The van der Waals surface area contributed by atoms with Crippen molar-refractivity contribution in [1.82, 2.24) is 16.0 Å². The van der Waals surface area contributed by atoms with E-state index in [9.17, 15) is 14.4 Å². The fourth-order valence-corrected chi connectivity index (χ4v) is 2.43. The molecule has 0 heterocycles. The molecule has 0 aliphatic rings. The van der Waals surface area contributed by atoms with Crippen LogP contribution in [0.25, 0.3) is 0 Å². The summed E-state index contributed by atoms with van der Waals surface area (Å²) in [6.07, 6.45) is 0.495. The van der Waals surface area contributed by atoms with E-state index in [4.69, 9.17) is 0 Å². The number of aryl methyl sites for hydroxylation is 1. The van der Waals surface area contributed by atoms with Crippen molar-refractivity contribution in [2.75, 3.05) is 6.54 Å². The van der Waals surface area contributed by atoms with Crippen molar-refractivity contribution in [3.63, 3.8) is 0 Å². The van der Waals surface area contributed by atoms with Gasteiger partial charge >= 0.3 is 0 Å². The highest BCUT2D eigenvalue weighted by molar-refractivity contribution is 5.99. The number of carbonyl (C=O) groups excluding carboxylic acids is 3. The molecule has 25 heavy (non-hydrogen) atoms. The Morgan fingerprint density at radius 1 is 1.00 bits per heavy atom. The first-order chi connectivity index (χ1) is 11.7. The Hall–Kier alpha value is -2.37. The fraction of sp³-hybridized carbons (Fsp3) is 0.526. The number of amides is 3. The average Bonchev–Trinajstić information content (AvgIpc) is 2.51. The van der Waals surface area contributed by atoms with Gasteiger partial charge in [-0.15, -0.1) is 0 Å². The van der Waals surface area contributed by atoms with Gasteiger partial charge in [0.15, 0.2) is 0 Å². The summed E-state index contributed by atoms with van der Waals surface area (Å²) in [6.45, 7) is 9.40. The molecule has 0 spiro atoms. The van der Waals surface area contributed by atoms with Gasteiger partial charge in [0, 0.05) is 11.6 Å². The van der Waals surface area contributed by atoms with Crippen molar-refractivity contribution in [2.24, 2.45) is 5.92 Å². The molecule has 1 atom stereocenters. The molecule has 138 valence electrons. The molecule has 1 aromatic rings. The van der Waals surface area contributed by atoms with Crippen LogP contribution in [0.1, 0.15) is 50.0 Å². The molecule has 0 aromatic heterocycles. The zero-order chi connectivity index (χ0) is 19.0. The maximum absolute atomic E-state index is 12.5. The average molecular weight is 347 g/mol. The molecule has 0 aliphatic heterocycles. The van der Waals surface area contributed by atoms with Gasteiger partial charge < -0.3 is 16.0 Å². The van der Waals surface area contributed by atoms with Crippen molar-refractivity contribution < 1.29 is 14.4 Å². The standard InChI is InChI=1S/C19H29N3O3/c1-12(2)10-16(19(25)20-11-17(23)21-13(3)4)22-18(24)15-9-7-6-8-14(15)5/h6-9,12-13,16H,10-11H2,1-5H3,(H,20,25)(H,21,23)(H,22,24)/t16-/m0/s1. The fourth-order valence-electron chi connectivity index (χ4n) is 2.43. The summed E-state index contributed by atoms with van der Waals surface area (Å²) in [6, 6.07) is 6.55. The quantitative estimate of drug-likeness (QED) is 0.670. The summed E-state index contributed by atoms with van der Waals surface area (Å²) in [5, 5.41) is 8.10. The summed E-state index contributed by atoms with van der Waals surface area (Å²) >= 11 is 0. The number of hydrogen-bond acceptors (Lipinski definition) is 3. The van der Waals surface area contributed by atoms with Crippen LogP contribution in [0.15, 0.2) is 24.3 Å². The van der Waals surface area contributed by atoms with Gasteiger partial charge in [-0.05, 0) is 44.7 Å². The van der Waals surface area contributed by atoms with Crippen LogP contribution in [0.5, 0.6) is 0 Å². The highest BCUT2D eigenvalue weighted by atomic mass is 16.2. The summed E-state index contributed by atoms with van der Waals surface area (Å²) in [4.78, 5) is 36.6. The third kappa shape index (κ3) is 7.37. The topological polar surface area (TPSA) is 87.3 Å². The van der Waals surface area contributed by atoms with E-state index in [0.717, 1.165) is 5.56 Å². The van der Waals surface area contributed by atoms with E-state index in [1.165, 1.54) is 0 Å². The minimum Gasteiger partial charge on any atom is -0.352 e. The SMILES string of the molecule is Cc1ccccc1C(=O)N[C@@H](CC(C)C)C(=O)NCC(=O)NC(C)C. The second-order valence-electron chi connectivity index (χ2n) is 6.91. The summed E-state index contributed by atoms with van der Waals surface area (Å²) in [5.74, 6) is -0.672. The summed E-state index contributed by atoms with van der Waals surface area (Å²) in [5.41, 5.74) is 1.39. The highest BCUT2D eigenvalue weighted by Crippen LogP contribution is 2.10. The second kappa shape index (κ2) is 9.81. The molecule has 0 aliphatic carbocycles. The lowest BCUT2D eigenvalue weighted by Crippen LogP contribution is -2.50. The Morgan fingerprint density at radius 3 is 2.20 bits per heavy atom. The van der Waals surface area contributed by atoms with Crippen LogP contribution in [-0.4, -0.2) is 36.3 Å². The first-order valence-corrected chi connectivity index (χ1v) is 8.64. The Labute approximate surface area is 149 Å². The molecule has 0 radical (unpaired) electrons. The van der Waals surface area contributed by atoms with Crippen molar-refractivity contribution in [3.05, 3.63) is 35.4 Å². The molecule has 3 N–H and O–H groups in total. The third-order valence-electron chi connectivity index (χ3n) is 3.59. The molecule has 6 nitrogen and oxygen atoms in total. The van der Waals surface area contributed by atoms with Crippen molar-refractivity contribution in [3.8, 4) is 0 Å². The number of nitrogens with one attached hydrogen (secondary N) is 3. The maximum Gasteiger partial charge on any atom is 0.252 e. The molecule has 0 bridgehead atoms. The first kappa shape index (κ1) is 20.7. The summed E-state index contributed by atoms with van der Waals surface area (Å²) < 4.78 is 0. The molecule has 0 fully saturated rings. The van der Waals surface area contributed by atoms with E-state index in [0.29, 0.717) is 12.0 Å². The van der Waals surface area contributed by atoms with E-state index >= 15 is 0 Å². The van der Waals surface area contributed by atoms with Gasteiger partial charge in [-0.1, -0.05) is 32.0 Å². The predicted molar refractivity (Wildman–Crippen MR) is 98.2 cm³/mol. The van der Waals surface area contributed by atoms with E-state index < -0.39 is 6.04 Å². The van der Waals surface area contributed by atoms with E-state index in [1.807, 2.05) is 46.8 Å². The van der Waals surface area contributed by atoms with Crippen molar-refractivity contribution in [1.29, 1.82) is 0 Å². The Bertz CT molecular complexity index is 612. The number of carbonyl (C=O) groups is 3. The molecular formula is C19H29N3O3. The van der Waals surface area contributed by atoms with E-state index in [2.05, 4.69) is 16.0 Å². The predicted octanol–water partition coefficient (Wildman–Crippen LogP) is 1.78. The molecular weight excluding hydrogens is 318 g/mol. The zero-order valence-corrected chi connectivity index (χ0v) is 15.7. The minimum absolute atomic E-state index is 0.0108. The van der Waals surface area contributed by atoms with Crippen LogP contribution >= 0.6 is 0 Å². The summed E-state index contributed by atoms with van der Waals surface area (Å²) in [7, 11) is 0. The van der Waals surface area contributed by atoms with Crippen LogP contribution in [0.2, 0.25) is 0 Å². The molecule has 1 rings (SSSR count). The van der Waals surface area contributed by atoms with Gasteiger partial charge in [0.05, 0.1) is 6.54 Å². The van der Waals surface area contributed by atoms with Crippen LogP contribution in [-0.2, 0) is 9.59 Å². The lowest BCUT2D eigenvalue weighted by molar-refractivity contribution is -0.127. The Morgan fingerprint density at radius 2 is 1.64 bits per heavy atom. The van der Waals surface area contributed by atoms with Crippen LogP contribution in [0.4, 0.5) is 0 Å². The lowest BCUT2D eigenvalue weighted by Gasteiger charge is -2.21. The van der Waals surface area contributed by atoms with Gasteiger partial charge in [-0.2, -0.15) is 0 Å². The van der Waals surface area contributed by atoms with Gasteiger partial charge in [0.25, 0.3) is 5.91 Å².